The lowest BCUT2D eigenvalue weighted by Gasteiger charge is -2.36. The van der Waals surface area contributed by atoms with Crippen molar-refractivity contribution in [3.63, 3.8) is 0 Å². The van der Waals surface area contributed by atoms with Crippen LogP contribution in [-0.2, 0) is 18.4 Å². The number of hydrogen-bond donors (Lipinski definition) is 2. The molecule has 0 unspecified atom stereocenters. The van der Waals surface area contributed by atoms with Gasteiger partial charge in [-0.15, -0.1) is 10.2 Å². The van der Waals surface area contributed by atoms with E-state index in [0.29, 0.717) is 12.5 Å². The molecular formula is C19H28N6O2. The van der Waals surface area contributed by atoms with Crippen molar-refractivity contribution in [2.24, 2.45) is 13.0 Å². The molecule has 8 nitrogen and oxygen atoms in total. The third kappa shape index (κ3) is 3.90. The van der Waals surface area contributed by atoms with Crippen LogP contribution in [0.1, 0.15) is 62.5 Å². The number of amides is 1. The minimum Gasteiger partial charge on any atom is -0.383 e. The van der Waals surface area contributed by atoms with Crippen molar-refractivity contribution in [1.29, 1.82) is 0 Å². The second kappa shape index (κ2) is 7.80. The Morgan fingerprint density at radius 3 is 2.78 bits per heavy atom. The second-order valence-electron chi connectivity index (χ2n) is 7.95. The highest BCUT2D eigenvalue weighted by atomic mass is 16.3. The molecule has 2 aromatic rings. The van der Waals surface area contributed by atoms with E-state index in [2.05, 4.69) is 20.6 Å². The first-order valence-electron chi connectivity index (χ1n) is 9.96. The lowest BCUT2D eigenvalue weighted by Crippen LogP contribution is -2.49. The van der Waals surface area contributed by atoms with Gasteiger partial charge in [0.15, 0.2) is 5.82 Å². The van der Waals surface area contributed by atoms with Crippen molar-refractivity contribution in [2.45, 2.75) is 69.6 Å². The largest absolute Gasteiger partial charge is 0.383 e. The minimum atomic E-state index is -0.861. The lowest BCUT2D eigenvalue weighted by molar-refractivity contribution is -0.134. The van der Waals surface area contributed by atoms with Crippen LogP contribution in [0.4, 0.5) is 0 Å². The smallest absolute Gasteiger partial charge is 0.249 e. The van der Waals surface area contributed by atoms with Crippen LogP contribution in [0.2, 0.25) is 0 Å². The minimum absolute atomic E-state index is 0.118. The van der Waals surface area contributed by atoms with Gasteiger partial charge in [0, 0.05) is 31.4 Å². The van der Waals surface area contributed by atoms with Crippen molar-refractivity contribution in [3.05, 3.63) is 30.1 Å². The molecule has 8 heteroatoms. The van der Waals surface area contributed by atoms with Gasteiger partial charge in [0.25, 0.3) is 0 Å². The molecule has 2 N–H and O–H groups in total. The van der Waals surface area contributed by atoms with Gasteiger partial charge in [-0.25, -0.2) is 0 Å². The van der Waals surface area contributed by atoms with Crippen LogP contribution >= 0.6 is 0 Å². The topological polar surface area (TPSA) is 97.9 Å². The molecular weight excluding hydrogens is 344 g/mol. The van der Waals surface area contributed by atoms with Gasteiger partial charge < -0.3 is 15.0 Å². The van der Waals surface area contributed by atoms with E-state index in [9.17, 15) is 9.90 Å². The number of carbonyl (C=O) groups excluding carboxylic acids is 1. The lowest BCUT2D eigenvalue weighted by atomic mass is 9.79. The Hall–Kier alpha value is -2.22. The van der Waals surface area contributed by atoms with E-state index in [-0.39, 0.29) is 17.9 Å². The summed E-state index contributed by atoms with van der Waals surface area (Å²) >= 11 is 0. The summed E-state index contributed by atoms with van der Waals surface area (Å²) in [4.78, 5) is 12.3. The number of nitrogens with one attached hydrogen (secondary N) is 1. The van der Waals surface area contributed by atoms with E-state index in [0.717, 1.165) is 50.2 Å². The van der Waals surface area contributed by atoms with E-state index in [1.54, 1.807) is 6.20 Å². The Labute approximate surface area is 159 Å². The highest BCUT2D eigenvalue weighted by molar-refractivity contribution is 5.81. The molecule has 0 spiro atoms. The molecule has 2 aliphatic carbocycles. The summed E-state index contributed by atoms with van der Waals surface area (Å²) in [7, 11) is 1.98. The van der Waals surface area contributed by atoms with Crippen LogP contribution in [0.3, 0.4) is 0 Å². The highest BCUT2D eigenvalue weighted by Crippen LogP contribution is 2.36. The highest BCUT2D eigenvalue weighted by Gasteiger charge is 2.37. The Morgan fingerprint density at radius 1 is 1.30 bits per heavy atom. The van der Waals surface area contributed by atoms with E-state index in [1.165, 1.54) is 6.42 Å². The van der Waals surface area contributed by atoms with Crippen LogP contribution in [0, 0.1) is 5.92 Å². The molecule has 27 heavy (non-hydrogen) atoms. The summed E-state index contributed by atoms with van der Waals surface area (Å²) < 4.78 is 3.85. The van der Waals surface area contributed by atoms with Gasteiger partial charge >= 0.3 is 0 Å². The summed E-state index contributed by atoms with van der Waals surface area (Å²) in [5.41, 5.74) is 0. The maximum absolute atomic E-state index is 12.3. The van der Waals surface area contributed by atoms with Gasteiger partial charge in [-0.1, -0.05) is 19.3 Å². The molecule has 2 aromatic heterocycles. The van der Waals surface area contributed by atoms with Crippen LogP contribution in [0.25, 0.3) is 0 Å². The standard InChI is InChI=1S/C19H28N6O2/c1-24-16(12-25-9-5-8-20-25)22-23-18(24)14-10-15(11-14)21-19(27)17(26)13-6-3-2-4-7-13/h5,8-9,13-15,17,26H,2-4,6-7,10-12H2,1H3,(H,21,27)/t14?,15?,17-/m1/s1. The van der Waals surface area contributed by atoms with Crippen molar-refractivity contribution >= 4 is 5.91 Å². The van der Waals surface area contributed by atoms with Gasteiger partial charge in [0.05, 0.1) is 0 Å². The summed E-state index contributed by atoms with van der Waals surface area (Å²) in [6.07, 6.45) is 9.85. The van der Waals surface area contributed by atoms with Crippen LogP contribution in [0.15, 0.2) is 18.5 Å². The summed E-state index contributed by atoms with van der Waals surface area (Å²) in [6, 6.07) is 2.00. The maximum atomic E-state index is 12.3. The number of rotatable bonds is 6. The van der Waals surface area contributed by atoms with Crippen molar-refractivity contribution in [1.82, 2.24) is 29.9 Å². The zero-order chi connectivity index (χ0) is 18.8. The second-order valence-corrected chi connectivity index (χ2v) is 7.95. The van der Waals surface area contributed by atoms with Crippen LogP contribution < -0.4 is 5.32 Å². The monoisotopic (exact) mass is 372 g/mol. The number of aromatic nitrogens is 5. The van der Waals surface area contributed by atoms with Gasteiger partial charge in [0.1, 0.15) is 18.5 Å². The number of aliphatic hydroxyl groups is 1. The first kappa shape index (κ1) is 18.2. The van der Waals surface area contributed by atoms with Crippen molar-refractivity contribution < 1.29 is 9.90 Å². The third-order valence-electron chi connectivity index (χ3n) is 6.08. The third-order valence-corrected chi connectivity index (χ3v) is 6.08. The fourth-order valence-corrected chi connectivity index (χ4v) is 4.30. The Kier molecular flexibility index (Phi) is 5.24. The zero-order valence-corrected chi connectivity index (χ0v) is 15.8. The molecule has 0 radical (unpaired) electrons. The summed E-state index contributed by atoms with van der Waals surface area (Å²) in [6.45, 7) is 0.594. The molecule has 0 aliphatic heterocycles. The first-order valence-corrected chi connectivity index (χ1v) is 9.96. The molecule has 2 fully saturated rings. The Bertz CT molecular complexity index is 759. The van der Waals surface area contributed by atoms with E-state index >= 15 is 0 Å². The Morgan fingerprint density at radius 2 is 2.07 bits per heavy atom. The average molecular weight is 372 g/mol. The van der Waals surface area contributed by atoms with Crippen molar-refractivity contribution in [3.8, 4) is 0 Å². The van der Waals surface area contributed by atoms with E-state index < -0.39 is 6.10 Å². The molecule has 2 aliphatic rings. The number of aliphatic hydroxyl groups excluding tert-OH is 1. The predicted octanol–water partition coefficient (Wildman–Crippen LogP) is 1.36. The maximum Gasteiger partial charge on any atom is 0.249 e. The summed E-state index contributed by atoms with van der Waals surface area (Å²) in [5.74, 6) is 2.04. The van der Waals surface area contributed by atoms with E-state index in [1.807, 2.05) is 28.6 Å². The molecule has 2 saturated carbocycles. The predicted molar refractivity (Wildman–Crippen MR) is 98.8 cm³/mol. The van der Waals surface area contributed by atoms with Crippen molar-refractivity contribution in [2.75, 3.05) is 0 Å². The number of hydrogen-bond acceptors (Lipinski definition) is 5. The van der Waals surface area contributed by atoms with Gasteiger partial charge in [-0.2, -0.15) is 5.10 Å². The molecule has 0 bridgehead atoms. The fraction of sp³-hybridized carbons (Fsp3) is 0.684. The first-order chi connectivity index (χ1) is 13.1. The van der Waals surface area contributed by atoms with Gasteiger partial charge in [0.2, 0.25) is 5.91 Å². The van der Waals surface area contributed by atoms with Gasteiger partial charge in [-0.3, -0.25) is 9.48 Å². The summed E-state index contributed by atoms with van der Waals surface area (Å²) in [5, 5.41) is 26.2. The molecule has 0 saturated heterocycles. The van der Waals surface area contributed by atoms with Crippen LogP contribution in [0.5, 0.6) is 0 Å². The molecule has 1 atom stereocenters. The number of nitrogens with zero attached hydrogens (tertiary/aromatic N) is 5. The SMILES string of the molecule is Cn1c(Cn2cccn2)nnc1C1CC(NC(=O)[C@H](O)C2CCCCC2)C1. The molecule has 1 amide bonds. The quantitative estimate of drug-likeness (QED) is 0.798. The zero-order valence-electron chi connectivity index (χ0n) is 15.8. The Balaban J connectivity index is 1.28. The molecule has 146 valence electrons. The fourth-order valence-electron chi connectivity index (χ4n) is 4.30. The van der Waals surface area contributed by atoms with E-state index in [4.69, 9.17) is 0 Å². The van der Waals surface area contributed by atoms with Gasteiger partial charge in [-0.05, 0) is 37.7 Å². The molecule has 2 heterocycles. The normalized spacial score (nSPS) is 24.4. The molecule has 0 aromatic carbocycles. The number of carbonyl (C=O) groups is 1. The molecule has 4 rings (SSSR count). The van der Waals surface area contributed by atoms with Crippen LogP contribution in [-0.4, -0.2) is 47.7 Å². The average Bonchev–Trinajstić information content (AvgIpc) is 3.29.